The molecule has 2 aromatic carbocycles. The summed E-state index contributed by atoms with van der Waals surface area (Å²) in [5.74, 6) is 0. The molecule has 1 N–H and O–H groups in total. The predicted molar refractivity (Wildman–Crippen MR) is 90.1 cm³/mol. The van der Waals surface area contributed by atoms with Crippen molar-refractivity contribution in [2.75, 3.05) is 0 Å². The quantitative estimate of drug-likeness (QED) is 0.860. The lowest BCUT2D eigenvalue weighted by atomic mass is 9.99. The summed E-state index contributed by atoms with van der Waals surface area (Å²) in [6.45, 7) is 6.61. The number of hydrogen-bond acceptors (Lipinski definition) is 1. The van der Waals surface area contributed by atoms with Crippen LogP contribution in [-0.2, 0) is 12.8 Å². The van der Waals surface area contributed by atoms with E-state index in [0.717, 1.165) is 17.9 Å². The number of hydrogen-bond donors (Lipinski definition) is 1. The molecule has 0 radical (unpaired) electrons. The Hall–Kier alpha value is -1.31. The second-order valence-corrected chi connectivity index (χ2v) is 6.70. The molecular formula is C19H22ClN. The van der Waals surface area contributed by atoms with Crippen molar-refractivity contribution in [1.82, 2.24) is 5.32 Å². The molecule has 3 rings (SSSR count). The summed E-state index contributed by atoms with van der Waals surface area (Å²) < 4.78 is 0. The lowest BCUT2D eigenvalue weighted by Gasteiger charge is -2.21. The number of halogens is 1. The summed E-state index contributed by atoms with van der Waals surface area (Å²) in [6, 6.07) is 13.9. The van der Waals surface area contributed by atoms with Crippen LogP contribution in [0, 0.1) is 13.8 Å². The molecule has 0 aromatic heterocycles. The molecule has 2 atom stereocenters. The lowest BCUT2D eigenvalue weighted by Crippen LogP contribution is -2.32. The van der Waals surface area contributed by atoms with E-state index in [2.05, 4.69) is 56.4 Å². The first-order valence-electron chi connectivity index (χ1n) is 7.63. The summed E-state index contributed by atoms with van der Waals surface area (Å²) in [7, 11) is 0. The molecule has 2 heteroatoms. The fourth-order valence-corrected chi connectivity index (χ4v) is 3.57. The molecule has 0 bridgehead atoms. The fourth-order valence-electron chi connectivity index (χ4n) is 3.37. The Bertz CT molecular complexity index is 663. The molecular weight excluding hydrogens is 278 g/mol. The van der Waals surface area contributed by atoms with Gasteiger partial charge < -0.3 is 5.32 Å². The van der Waals surface area contributed by atoms with E-state index in [1.54, 1.807) is 0 Å². The number of rotatable bonds is 3. The molecule has 0 saturated carbocycles. The van der Waals surface area contributed by atoms with E-state index in [0.29, 0.717) is 12.1 Å². The summed E-state index contributed by atoms with van der Waals surface area (Å²) in [4.78, 5) is 0. The van der Waals surface area contributed by atoms with Gasteiger partial charge in [0.05, 0.1) is 0 Å². The van der Waals surface area contributed by atoms with Crippen molar-refractivity contribution < 1.29 is 0 Å². The summed E-state index contributed by atoms with van der Waals surface area (Å²) in [5, 5.41) is 4.63. The van der Waals surface area contributed by atoms with Crippen molar-refractivity contribution in [3.63, 3.8) is 0 Å². The molecule has 1 aliphatic carbocycles. The number of aryl methyl sites for hydroxylation is 2. The zero-order valence-corrected chi connectivity index (χ0v) is 13.7. The zero-order chi connectivity index (χ0) is 15.0. The topological polar surface area (TPSA) is 12.0 Å². The summed E-state index contributed by atoms with van der Waals surface area (Å²) in [5.41, 5.74) is 6.92. The van der Waals surface area contributed by atoms with Gasteiger partial charge in [-0.3, -0.25) is 0 Å². The minimum absolute atomic E-state index is 0.375. The summed E-state index contributed by atoms with van der Waals surface area (Å²) >= 11 is 6.09. The van der Waals surface area contributed by atoms with Crippen LogP contribution >= 0.6 is 11.6 Å². The first-order chi connectivity index (χ1) is 10.0. The average molecular weight is 300 g/mol. The molecule has 2 unspecified atom stereocenters. The number of fused-ring (bicyclic) bond motifs is 1. The van der Waals surface area contributed by atoms with E-state index in [4.69, 9.17) is 11.6 Å². The third-order valence-electron chi connectivity index (χ3n) is 4.49. The van der Waals surface area contributed by atoms with Crippen LogP contribution in [0.4, 0.5) is 0 Å². The van der Waals surface area contributed by atoms with Crippen molar-refractivity contribution in [1.29, 1.82) is 0 Å². The van der Waals surface area contributed by atoms with Gasteiger partial charge in [0.15, 0.2) is 0 Å². The van der Waals surface area contributed by atoms with Crippen LogP contribution in [0.1, 0.15) is 40.8 Å². The third kappa shape index (κ3) is 3.14. The Balaban J connectivity index is 1.72. The molecule has 0 spiro atoms. The number of benzene rings is 2. The average Bonchev–Trinajstić information content (AvgIpc) is 2.82. The SMILES string of the molecule is Cc1ccc(C)c(C(C)NC2Cc3ccc(Cl)cc3C2)c1. The molecule has 21 heavy (non-hydrogen) atoms. The van der Waals surface area contributed by atoms with E-state index in [-0.39, 0.29) is 0 Å². The van der Waals surface area contributed by atoms with Crippen molar-refractivity contribution in [3.8, 4) is 0 Å². The van der Waals surface area contributed by atoms with Crippen molar-refractivity contribution in [2.45, 2.75) is 45.7 Å². The Morgan fingerprint density at radius 3 is 2.62 bits per heavy atom. The highest BCUT2D eigenvalue weighted by Crippen LogP contribution is 2.27. The molecule has 0 amide bonds. The molecule has 2 aromatic rings. The van der Waals surface area contributed by atoms with E-state index in [1.165, 1.54) is 27.8 Å². The third-order valence-corrected chi connectivity index (χ3v) is 4.72. The number of nitrogens with one attached hydrogen (secondary N) is 1. The van der Waals surface area contributed by atoms with Gasteiger partial charge in [0, 0.05) is 17.1 Å². The monoisotopic (exact) mass is 299 g/mol. The highest BCUT2D eigenvalue weighted by Gasteiger charge is 2.23. The van der Waals surface area contributed by atoms with Gasteiger partial charge in [0.25, 0.3) is 0 Å². The standard InChI is InChI=1S/C19H22ClN/c1-12-4-5-13(2)19(8-12)14(3)21-18-10-15-6-7-17(20)9-16(15)11-18/h4-9,14,18,21H,10-11H2,1-3H3. The van der Waals surface area contributed by atoms with Gasteiger partial charge >= 0.3 is 0 Å². The van der Waals surface area contributed by atoms with Gasteiger partial charge in [-0.05, 0) is 68.0 Å². The van der Waals surface area contributed by atoms with Crippen LogP contribution in [0.3, 0.4) is 0 Å². The minimum Gasteiger partial charge on any atom is -0.307 e. The maximum Gasteiger partial charge on any atom is 0.0408 e. The maximum atomic E-state index is 6.09. The molecule has 1 nitrogen and oxygen atoms in total. The van der Waals surface area contributed by atoms with Crippen LogP contribution < -0.4 is 5.32 Å². The highest BCUT2D eigenvalue weighted by atomic mass is 35.5. The van der Waals surface area contributed by atoms with Crippen molar-refractivity contribution in [3.05, 3.63) is 69.2 Å². The Labute approximate surface area is 132 Å². The largest absolute Gasteiger partial charge is 0.307 e. The Morgan fingerprint density at radius 1 is 1.05 bits per heavy atom. The molecule has 0 saturated heterocycles. The van der Waals surface area contributed by atoms with E-state index < -0.39 is 0 Å². The van der Waals surface area contributed by atoms with Crippen molar-refractivity contribution >= 4 is 11.6 Å². The van der Waals surface area contributed by atoms with Crippen LogP contribution in [0.2, 0.25) is 5.02 Å². The molecule has 1 aliphatic rings. The Morgan fingerprint density at radius 2 is 1.81 bits per heavy atom. The lowest BCUT2D eigenvalue weighted by molar-refractivity contribution is 0.466. The van der Waals surface area contributed by atoms with Gasteiger partial charge in [-0.2, -0.15) is 0 Å². The normalized spacial score (nSPS) is 18.6. The van der Waals surface area contributed by atoms with Crippen LogP contribution in [0.25, 0.3) is 0 Å². The first-order valence-corrected chi connectivity index (χ1v) is 8.01. The first kappa shape index (κ1) is 14.6. The van der Waals surface area contributed by atoms with Crippen LogP contribution in [0.15, 0.2) is 36.4 Å². The van der Waals surface area contributed by atoms with E-state index >= 15 is 0 Å². The van der Waals surface area contributed by atoms with Gasteiger partial charge in [-0.15, -0.1) is 0 Å². The van der Waals surface area contributed by atoms with Crippen LogP contribution in [0.5, 0.6) is 0 Å². The van der Waals surface area contributed by atoms with Crippen molar-refractivity contribution in [2.24, 2.45) is 0 Å². The maximum absolute atomic E-state index is 6.09. The van der Waals surface area contributed by atoms with Gasteiger partial charge in [-0.1, -0.05) is 41.4 Å². The highest BCUT2D eigenvalue weighted by molar-refractivity contribution is 6.30. The predicted octanol–water partition coefficient (Wildman–Crippen LogP) is 4.77. The molecule has 0 aliphatic heterocycles. The smallest absolute Gasteiger partial charge is 0.0408 e. The fraction of sp³-hybridized carbons (Fsp3) is 0.368. The zero-order valence-electron chi connectivity index (χ0n) is 12.9. The molecule has 0 heterocycles. The Kier molecular flexibility index (Phi) is 4.05. The van der Waals surface area contributed by atoms with Gasteiger partial charge in [-0.25, -0.2) is 0 Å². The second-order valence-electron chi connectivity index (χ2n) is 6.27. The van der Waals surface area contributed by atoms with E-state index in [1.807, 2.05) is 6.07 Å². The molecule has 110 valence electrons. The van der Waals surface area contributed by atoms with E-state index in [9.17, 15) is 0 Å². The van der Waals surface area contributed by atoms with Gasteiger partial charge in [0.1, 0.15) is 0 Å². The molecule has 0 fully saturated rings. The second kappa shape index (κ2) is 5.82. The van der Waals surface area contributed by atoms with Gasteiger partial charge in [0.2, 0.25) is 0 Å². The summed E-state index contributed by atoms with van der Waals surface area (Å²) in [6.07, 6.45) is 2.17. The van der Waals surface area contributed by atoms with Crippen LogP contribution in [-0.4, -0.2) is 6.04 Å². The minimum atomic E-state index is 0.375.